The van der Waals surface area contributed by atoms with Crippen molar-refractivity contribution in [2.75, 3.05) is 19.6 Å². The van der Waals surface area contributed by atoms with E-state index in [9.17, 15) is 29.6 Å². The van der Waals surface area contributed by atoms with Crippen molar-refractivity contribution in [2.24, 2.45) is 32.9 Å². The molecule has 18 heteroatoms. The Hall–Kier alpha value is -5.94. The Morgan fingerprint density at radius 1 is 0.957 bits per heavy atom. The molecule has 0 heterocycles. The molecule has 0 spiro atoms. The predicted molar refractivity (Wildman–Crippen MR) is 174 cm³/mol. The van der Waals surface area contributed by atoms with Crippen molar-refractivity contribution < 1.29 is 34.3 Å². The molecule has 0 unspecified atom stereocenters. The highest BCUT2D eigenvalue weighted by atomic mass is 16.6. The standard InChI is InChI=1S/C27H38N10O6.C2H4O2/c1-2-36(16-18-5-9-19(10-6-18)37(42)43)23(39)15-33-24(40)21(4-3-13-32-26(28)29)34-25(41)22(35-27(30)31)14-17-7-11-20(38)12-8-17;1-2(3)4/h5-12,21-22,38H,2-4,13-16H2,1H3,(H,33,40)(H,34,41)(H4,28,29,32)(H4,30,31,35);1H3,(H,3,4)/t21-,22+;/m1./s1. The van der Waals surface area contributed by atoms with Gasteiger partial charge in [0.25, 0.3) is 11.7 Å². The minimum absolute atomic E-state index is 0.0491. The smallest absolute Gasteiger partial charge is 0.300 e. The highest BCUT2D eigenvalue weighted by Gasteiger charge is 2.26. The first-order chi connectivity index (χ1) is 22.1. The fourth-order valence-corrected chi connectivity index (χ4v) is 3.99. The summed E-state index contributed by atoms with van der Waals surface area (Å²) in [5, 5.41) is 33.1. The summed E-state index contributed by atoms with van der Waals surface area (Å²) in [7, 11) is 0. The molecule has 2 atom stereocenters. The number of nitro groups is 1. The summed E-state index contributed by atoms with van der Waals surface area (Å²) in [5.74, 6) is -2.89. The molecule has 2 aromatic rings. The lowest BCUT2D eigenvalue weighted by atomic mass is 10.0. The van der Waals surface area contributed by atoms with E-state index >= 15 is 0 Å². The van der Waals surface area contributed by atoms with Crippen molar-refractivity contribution in [1.29, 1.82) is 0 Å². The number of rotatable bonds is 16. The number of guanidine groups is 2. The highest BCUT2D eigenvalue weighted by Crippen LogP contribution is 2.15. The first-order valence-corrected chi connectivity index (χ1v) is 14.3. The van der Waals surface area contributed by atoms with Crippen LogP contribution in [0.15, 0.2) is 58.5 Å². The maximum absolute atomic E-state index is 13.2. The van der Waals surface area contributed by atoms with Gasteiger partial charge in [-0.1, -0.05) is 24.3 Å². The SMILES string of the molecule is CC(=O)O.CCN(Cc1ccc([N+](=O)[O-])cc1)C(=O)CNC(=O)[C@@H](CCCN=C(N)N)NC(=O)[C@H](Cc1ccc(O)cc1)N=C(N)N. The summed E-state index contributed by atoms with van der Waals surface area (Å²) in [5.41, 5.74) is 23.1. The van der Waals surface area contributed by atoms with E-state index in [4.69, 9.17) is 32.8 Å². The van der Waals surface area contributed by atoms with Gasteiger partial charge in [-0.15, -0.1) is 0 Å². The zero-order valence-corrected chi connectivity index (χ0v) is 26.2. The minimum atomic E-state index is -1.08. The topological polar surface area (TPSA) is 308 Å². The second kappa shape index (κ2) is 20.2. The lowest BCUT2D eigenvalue weighted by Crippen LogP contribution is -2.52. The number of phenolic OH excluding ortho intramolecular Hbond substituents is 1. The van der Waals surface area contributed by atoms with Crippen LogP contribution in [0.3, 0.4) is 0 Å². The summed E-state index contributed by atoms with van der Waals surface area (Å²) >= 11 is 0. The number of nitrogens with two attached hydrogens (primary N) is 4. The van der Waals surface area contributed by atoms with Gasteiger partial charge >= 0.3 is 0 Å². The molecule has 0 fully saturated rings. The van der Waals surface area contributed by atoms with Crippen LogP contribution in [0.25, 0.3) is 0 Å². The minimum Gasteiger partial charge on any atom is -0.508 e. The average Bonchev–Trinajstić information content (AvgIpc) is 3.00. The summed E-state index contributed by atoms with van der Waals surface area (Å²) in [6.45, 7) is 3.19. The number of carbonyl (C=O) groups is 4. The Kier molecular flexibility index (Phi) is 16.8. The van der Waals surface area contributed by atoms with E-state index in [1.807, 2.05) is 0 Å². The number of nitro benzene ring substituents is 1. The van der Waals surface area contributed by atoms with Gasteiger partial charge in [0, 0.05) is 45.1 Å². The van der Waals surface area contributed by atoms with E-state index in [0.717, 1.165) is 6.92 Å². The molecule has 0 aromatic heterocycles. The molecular weight excluding hydrogens is 616 g/mol. The Labute approximate surface area is 271 Å². The van der Waals surface area contributed by atoms with Crippen molar-refractivity contribution in [2.45, 2.75) is 51.7 Å². The van der Waals surface area contributed by atoms with Crippen LogP contribution in [0.2, 0.25) is 0 Å². The van der Waals surface area contributed by atoms with Crippen molar-refractivity contribution in [3.63, 3.8) is 0 Å². The summed E-state index contributed by atoms with van der Waals surface area (Å²) < 4.78 is 0. The zero-order chi connectivity index (χ0) is 35.5. The van der Waals surface area contributed by atoms with Crippen molar-refractivity contribution in [3.05, 3.63) is 69.8 Å². The second-order valence-corrected chi connectivity index (χ2v) is 10.0. The maximum atomic E-state index is 13.2. The van der Waals surface area contributed by atoms with Gasteiger partial charge < -0.3 is 48.7 Å². The van der Waals surface area contributed by atoms with Gasteiger partial charge in [-0.3, -0.25) is 34.3 Å². The first-order valence-electron chi connectivity index (χ1n) is 14.3. The van der Waals surface area contributed by atoms with E-state index < -0.39 is 40.7 Å². The molecule has 256 valence electrons. The third-order valence-corrected chi connectivity index (χ3v) is 6.22. The third-order valence-electron chi connectivity index (χ3n) is 6.22. The van der Waals surface area contributed by atoms with Crippen LogP contribution in [0.5, 0.6) is 5.75 Å². The molecule has 12 N–H and O–H groups in total. The maximum Gasteiger partial charge on any atom is 0.300 e. The molecule has 0 saturated heterocycles. The number of benzene rings is 2. The van der Waals surface area contributed by atoms with Crippen LogP contribution >= 0.6 is 0 Å². The Morgan fingerprint density at radius 2 is 1.53 bits per heavy atom. The lowest BCUT2D eigenvalue weighted by molar-refractivity contribution is -0.384. The van der Waals surface area contributed by atoms with Gasteiger partial charge in [-0.2, -0.15) is 0 Å². The van der Waals surface area contributed by atoms with E-state index in [-0.39, 0.29) is 55.8 Å². The number of non-ortho nitro benzene ring substituents is 1. The van der Waals surface area contributed by atoms with Gasteiger partial charge in [0.1, 0.15) is 17.8 Å². The van der Waals surface area contributed by atoms with E-state index in [2.05, 4.69) is 20.6 Å². The number of aromatic hydroxyl groups is 1. The largest absolute Gasteiger partial charge is 0.508 e. The number of hydrogen-bond acceptors (Lipinski definition) is 9. The van der Waals surface area contributed by atoms with Crippen LogP contribution in [0, 0.1) is 10.1 Å². The molecule has 18 nitrogen and oxygen atoms in total. The molecule has 0 aliphatic heterocycles. The molecule has 3 amide bonds. The number of carboxylic acid groups (broad SMARTS) is 1. The van der Waals surface area contributed by atoms with Crippen molar-refractivity contribution in [1.82, 2.24) is 15.5 Å². The number of carbonyl (C=O) groups excluding carboxylic acids is 3. The fourth-order valence-electron chi connectivity index (χ4n) is 3.99. The summed E-state index contributed by atoms with van der Waals surface area (Å²) in [6.07, 6.45) is 0.548. The van der Waals surface area contributed by atoms with Crippen LogP contribution in [-0.4, -0.2) is 87.4 Å². The van der Waals surface area contributed by atoms with Crippen LogP contribution < -0.4 is 33.6 Å². The van der Waals surface area contributed by atoms with Gasteiger partial charge in [0.15, 0.2) is 11.9 Å². The molecule has 0 radical (unpaired) electrons. The quantitative estimate of drug-likeness (QED) is 0.0364. The summed E-state index contributed by atoms with van der Waals surface area (Å²) in [4.78, 5) is 68.0. The molecule has 47 heavy (non-hydrogen) atoms. The fraction of sp³-hybridized carbons (Fsp3) is 0.379. The number of likely N-dealkylation sites (N-methyl/N-ethyl adjacent to an activating group) is 1. The first kappa shape index (κ1) is 39.1. The van der Waals surface area contributed by atoms with E-state index in [1.54, 1.807) is 31.2 Å². The Balaban J connectivity index is 0.00000260. The van der Waals surface area contributed by atoms with Crippen LogP contribution in [0.4, 0.5) is 5.69 Å². The number of nitrogens with one attached hydrogen (secondary N) is 2. The molecular formula is C29H42N10O8. The summed E-state index contributed by atoms with van der Waals surface area (Å²) in [6, 6.07) is 9.79. The number of phenols is 1. The van der Waals surface area contributed by atoms with Gasteiger partial charge in [0.05, 0.1) is 11.5 Å². The number of carboxylic acids is 1. The highest BCUT2D eigenvalue weighted by molar-refractivity contribution is 5.93. The van der Waals surface area contributed by atoms with Crippen molar-refractivity contribution in [3.8, 4) is 5.75 Å². The van der Waals surface area contributed by atoms with Gasteiger partial charge in [-0.05, 0) is 43.0 Å². The number of nitrogens with zero attached hydrogens (tertiary/aromatic N) is 4. The third kappa shape index (κ3) is 16.1. The zero-order valence-electron chi connectivity index (χ0n) is 26.2. The van der Waals surface area contributed by atoms with Crippen LogP contribution in [0.1, 0.15) is 37.8 Å². The molecule has 0 saturated carbocycles. The van der Waals surface area contributed by atoms with E-state index in [1.165, 1.54) is 29.2 Å². The number of amides is 3. The molecule has 0 aliphatic carbocycles. The molecule has 0 aliphatic rings. The Bertz CT molecular complexity index is 1400. The molecule has 2 aromatic carbocycles. The van der Waals surface area contributed by atoms with Crippen molar-refractivity contribution >= 4 is 41.3 Å². The average molecular weight is 659 g/mol. The molecule has 2 rings (SSSR count). The molecule has 0 bridgehead atoms. The van der Waals surface area contributed by atoms with Gasteiger partial charge in [-0.25, -0.2) is 4.99 Å². The normalized spacial score (nSPS) is 11.4. The number of aliphatic imine (C=N–C) groups is 2. The van der Waals surface area contributed by atoms with Gasteiger partial charge in [0.2, 0.25) is 17.7 Å². The Morgan fingerprint density at radius 3 is 2.04 bits per heavy atom. The number of aliphatic carboxylic acids is 1. The number of hydrogen-bond donors (Lipinski definition) is 8. The second-order valence-electron chi connectivity index (χ2n) is 10.0. The lowest BCUT2D eigenvalue weighted by Gasteiger charge is -2.23. The predicted octanol–water partition coefficient (Wildman–Crippen LogP) is -0.721. The van der Waals surface area contributed by atoms with E-state index in [0.29, 0.717) is 24.1 Å². The van der Waals surface area contributed by atoms with Crippen LogP contribution in [-0.2, 0) is 32.1 Å². The monoisotopic (exact) mass is 658 g/mol.